The number of morpholine rings is 1. The van der Waals surface area contributed by atoms with E-state index in [-0.39, 0.29) is 0 Å². The maximum atomic E-state index is 5.60. The van der Waals surface area contributed by atoms with Crippen molar-refractivity contribution in [2.45, 2.75) is 18.6 Å². The number of nitrogens with two attached hydrogens (primary N) is 1. The van der Waals surface area contributed by atoms with Crippen LogP contribution in [-0.4, -0.2) is 30.3 Å². The Morgan fingerprint density at radius 3 is 3.00 bits per heavy atom. The molecule has 0 amide bonds. The first-order valence-corrected chi connectivity index (χ1v) is 4.93. The van der Waals surface area contributed by atoms with Crippen LogP contribution >= 0.6 is 0 Å². The van der Waals surface area contributed by atoms with Crippen molar-refractivity contribution in [3.05, 3.63) is 18.3 Å². The molecule has 1 aromatic rings. The van der Waals surface area contributed by atoms with E-state index in [9.17, 15) is 0 Å². The van der Waals surface area contributed by atoms with E-state index in [1.54, 1.807) is 6.20 Å². The van der Waals surface area contributed by atoms with Crippen molar-refractivity contribution in [2.75, 3.05) is 23.8 Å². The van der Waals surface area contributed by atoms with Crippen LogP contribution in [0, 0.1) is 0 Å². The second-order valence-electron chi connectivity index (χ2n) is 3.95. The molecular formula is C10H13N3O. The summed E-state index contributed by atoms with van der Waals surface area (Å²) in [5, 5.41) is 0. The fourth-order valence-corrected chi connectivity index (χ4v) is 2.25. The van der Waals surface area contributed by atoms with Crippen LogP contribution < -0.4 is 10.6 Å². The molecule has 3 rings (SSSR count). The van der Waals surface area contributed by atoms with Crippen molar-refractivity contribution < 1.29 is 4.74 Å². The minimum Gasteiger partial charge on any atom is -0.397 e. The van der Waals surface area contributed by atoms with Gasteiger partial charge in [0, 0.05) is 6.54 Å². The van der Waals surface area contributed by atoms with Crippen molar-refractivity contribution in [3.8, 4) is 0 Å². The molecule has 4 nitrogen and oxygen atoms in total. The minimum atomic E-state index is 0.416. The summed E-state index contributed by atoms with van der Waals surface area (Å²) in [5.74, 6) is 1.02. The fraction of sp³-hybridized carbons (Fsp3) is 0.500. The summed E-state index contributed by atoms with van der Waals surface area (Å²) in [7, 11) is 0. The third-order valence-electron chi connectivity index (χ3n) is 2.97. The van der Waals surface area contributed by atoms with Crippen LogP contribution in [0.3, 0.4) is 0 Å². The van der Waals surface area contributed by atoms with Crippen molar-refractivity contribution in [1.29, 1.82) is 0 Å². The molecular weight excluding hydrogens is 178 g/mol. The van der Waals surface area contributed by atoms with Crippen LogP contribution in [0.2, 0.25) is 0 Å². The Morgan fingerprint density at radius 2 is 2.43 bits per heavy atom. The summed E-state index contributed by atoms with van der Waals surface area (Å²) in [6.07, 6.45) is 3.27. The number of nitrogens with zero attached hydrogens (tertiary/aromatic N) is 2. The second-order valence-corrected chi connectivity index (χ2v) is 3.95. The summed E-state index contributed by atoms with van der Waals surface area (Å²) in [4.78, 5) is 6.64. The number of rotatable bonds is 1. The number of pyridine rings is 1. The summed E-state index contributed by atoms with van der Waals surface area (Å²) >= 11 is 0. The van der Waals surface area contributed by atoms with E-state index in [1.807, 2.05) is 12.1 Å². The van der Waals surface area contributed by atoms with Gasteiger partial charge in [-0.15, -0.1) is 0 Å². The van der Waals surface area contributed by atoms with Gasteiger partial charge in [-0.05, 0) is 18.6 Å². The maximum absolute atomic E-state index is 5.60. The smallest absolute Gasteiger partial charge is 0.129 e. The summed E-state index contributed by atoms with van der Waals surface area (Å²) in [6.45, 7) is 1.82. The lowest BCUT2D eigenvalue weighted by molar-refractivity contribution is 0.0989. The molecule has 0 spiro atoms. The quantitative estimate of drug-likeness (QED) is 0.707. The highest BCUT2D eigenvalue weighted by atomic mass is 16.5. The number of hydrogen-bond donors (Lipinski definition) is 1. The van der Waals surface area contributed by atoms with Crippen LogP contribution in [0.15, 0.2) is 18.3 Å². The topological polar surface area (TPSA) is 51.4 Å². The van der Waals surface area contributed by atoms with Crippen LogP contribution in [-0.2, 0) is 4.74 Å². The molecule has 2 N–H and O–H groups in total. The van der Waals surface area contributed by atoms with E-state index in [0.29, 0.717) is 17.8 Å². The molecule has 0 unspecified atom stereocenters. The Kier molecular flexibility index (Phi) is 1.64. The number of anilines is 2. The third kappa shape index (κ3) is 1.14. The molecule has 0 saturated carbocycles. The Hall–Kier alpha value is -1.29. The minimum absolute atomic E-state index is 0.416. The lowest BCUT2D eigenvalue weighted by atomic mass is 10.2. The van der Waals surface area contributed by atoms with Crippen LogP contribution in [0.5, 0.6) is 0 Å². The molecule has 0 aromatic carbocycles. The van der Waals surface area contributed by atoms with Gasteiger partial charge in [0.05, 0.1) is 30.6 Å². The van der Waals surface area contributed by atoms with Gasteiger partial charge in [0.2, 0.25) is 0 Å². The maximum Gasteiger partial charge on any atom is 0.129 e. The summed E-state index contributed by atoms with van der Waals surface area (Å²) in [5.41, 5.74) is 6.31. The van der Waals surface area contributed by atoms with E-state index in [0.717, 1.165) is 25.4 Å². The monoisotopic (exact) mass is 191 g/mol. The first kappa shape index (κ1) is 8.05. The first-order chi connectivity index (χ1) is 6.83. The highest BCUT2D eigenvalue weighted by molar-refractivity contribution is 5.48. The SMILES string of the molecule is Nc1ccc(N2C[C@@H]3C[C@H]2CO3)nc1. The normalized spacial score (nSPS) is 29.9. The number of fused-ring (bicyclic) bond motifs is 2. The Labute approximate surface area is 82.7 Å². The summed E-state index contributed by atoms with van der Waals surface area (Å²) < 4.78 is 5.53. The van der Waals surface area contributed by atoms with Gasteiger partial charge >= 0.3 is 0 Å². The predicted molar refractivity (Wildman–Crippen MR) is 54.1 cm³/mol. The zero-order chi connectivity index (χ0) is 9.54. The zero-order valence-electron chi connectivity index (χ0n) is 7.89. The lowest BCUT2D eigenvalue weighted by Gasteiger charge is -2.27. The van der Waals surface area contributed by atoms with Gasteiger partial charge in [-0.3, -0.25) is 0 Å². The number of nitrogen functional groups attached to an aromatic ring is 1. The molecule has 4 heteroatoms. The average molecular weight is 191 g/mol. The molecule has 2 bridgehead atoms. The van der Waals surface area contributed by atoms with Crippen molar-refractivity contribution in [2.24, 2.45) is 0 Å². The molecule has 3 heterocycles. The standard InChI is InChI=1S/C10H13N3O/c11-7-1-2-10(12-4-7)13-5-9-3-8(13)6-14-9/h1-2,4,8-9H,3,5-6,11H2/t8-,9-/m0/s1. The number of ether oxygens (including phenoxy) is 1. The zero-order valence-corrected chi connectivity index (χ0v) is 7.89. The van der Waals surface area contributed by atoms with Crippen molar-refractivity contribution in [3.63, 3.8) is 0 Å². The van der Waals surface area contributed by atoms with Crippen molar-refractivity contribution in [1.82, 2.24) is 4.98 Å². The third-order valence-corrected chi connectivity index (χ3v) is 2.97. The van der Waals surface area contributed by atoms with E-state index in [2.05, 4.69) is 9.88 Å². The molecule has 2 aliphatic heterocycles. The van der Waals surface area contributed by atoms with E-state index < -0.39 is 0 Å². The summed E-state index contributed by atoms with van der Waals surface area (Å²) in [6, 6.07) is 4.40. The molecule has 1 aromatic heterocycles. The molecule has 2 fully saturated rings. The largest absolute Gasteiger partial charge is 0.397 e. The van der Waals surface area contributed by atoms with Crippen LogP contribution in [0.4, 0.5) is 11.5 Å². The molecule has 0 radical (unpaired) electrons. The Balaban J connectivity index is 1.86. The molecule has 14 heavy (non-hydrogen) atoms. The second kappa shape index (κ2) is 2.85. The predicted octanol–water partition coefficient (Wildman–Crippen LogP) is 0.641. The van der Waals surface area contributed by atoms with Crippen LogP contribution in [0.1, 0.15) is 6.42 Å². The van der Waals surface area contributed by atoms with Gasteiger partial charge in [-0.25, -0.2) is 4.98 Å². The first-order valence-electron chi connectivity index (χ1n) is 4.93. The van der Waals surface area contributed by atoms with Gasteiger partial charge in [0.15, 0.2) is 0 Å². The number of aromatic nitrogens is 1. The van der Waals surface area contributed by atoms with E-state index in [4.69, 9.17) is 10.5 Å². The molecule has 0 aliphatic carbocycles. The Bertz CT molecular complexity index is 338. The van der Waals surface area contributed by atoms with E-state index >= 15 is 0 Å². The molecule has 74 valence electrons. The van der Waals surface area contributed by atoms with E-state index in [1.165, 1.54) is 0 Å². The lowest BCUT2D eigenvalue weighted by Crippen LogP contribution is -2.37. The molecule has 2 saturated heterocycles. The van der Waals surface area contributed by atoms with Gasteiger partial charge in [0.1, 0.15) is 5.82 Å². The van der Waals surface area contributed by atoms with Gasteiger partial charge in [-0.2, -0.15) is 0 Å². The molecule has 2 aliphatic rings. The van der Waals surface area contributed by atoms with Crippen molar-refractivity contribution >= 4 is 11.5 Å². The Morgan fingerprint density at radius 1 is 1.50 bits per heavy atom. The molecule has 2 atom stereocenters. The highest BCUT2D eigenvalue weighted by Gasteiger charge is 2.39. The fourth-order valence-electron chi connectivity index (χ4n) is 2.25. The van der Waals surface area contributed by atoms with Gasteiger partial charge < -0.3 is 15.4 Å². The van der Waals surface area contributed by atoms with Crippen LogP contribution in [0.25, 0.3) is 0 Å². The van der Waals surface area contributed by atoms with Gasteiger partial charge in [0.25, 0.3) is 0 Å². The average Bonchev–Trinajstić information content (AvgIpc) is 2.80. The highest BCUT2D eigenvalue weighted by Crippen LogP contribution is 2.31. The van der Waals surface area contributed by atoms with Gasteiger partial charge in [-0.1, -0.05) is 0 Å². The number of hydrogen-bond acceptors (Lipinski definition) is 4.